The second kappa shape index (κ2) is 6.89. The molecule has 0 saturated heterocycles. The number of rotatable bonds is 2. The second-order valence-electron chi connectivity index (χ2n) is 8.94. The van der Waals surface area contributed by atoms with Crippen molar-refractivity contribution in [2.45, 2.75) is 52.4 Å². The van der Waals surface area contributed by atoms with Gasteiger partial charge in [0.2, 0.25) is 5.82 Å². The highest BCUT2D eigenvalue weighted by atomic mass is 35.5. The highest BCUT2D eigenvalue weighted by Crippen LogP contribution is 2.42. The Morgan fingerprint density at radius 2 is 1.71 bits per heavy atom. The summed E-state index contributed by atoms with van der Waals surface area (Å²) in [6.07, 6.45) is 0. The van der Waals surface area contributed by atoms with E-state index in [0.29, 0.717) is 5.56 Å². The molecule has 0 aliphatic carbocycles. The van der Waals surface area contributed by atoms with Crippen LogP contribution in [0.25, 0.3) is 22.8 Å². The zero-order chi connectivity index (χ0) is 20.9. The van der Waals surface area contributed by atoms with Gasteiger partial charge in [-0.25, -0.2) is 4.39 Å². The van der Waals surface area contributed by atoms with Gasteiger partial charge in [-0.1, -0.05) is 70.4 Å². The van der Waals surface area contributed by atoms with E-state index in [-0.39, 0.29) is 38.9 Å². The maximum Gasteiger partial charge on any atom is 0.262 e. The lowest BCUT2D eigenvalue weighted by Gasteiger charge is -2.27. The Labute approximate surface area is 169 Å². The topological polar surface area (TPSA) is 59.2 Å². The third-order valence-corrected chi connectivity index (χ3v) is 4.94. The molecule has 0 unspecified atom stereocenters. The van der Waals surface area contributed by atoms with Crippen LogP contribution in [0, 0.1) is 5.82 Å². The first-order valence-corrected chi connectivity index (χ1v) is 9.44. The number of nitrogens with zero attached hydrogens (tertiary/aromatic N) is 2. The van der Waals surface area contributed by atoms with Crippen molar-refractivity contribution in [2.75, 3.05) is 0 Å². The first-order chi connectivity index (χ1) is 12.9. The van der Waals surface area contributed by atoms with Gasteiger partial charge in [-0.3, -0.25) is 0 Å². The van der Waals surface area contributed by atoms with Gasteiger partial charge in [-0.15, -0.1) is 0 Å². The summed E-state index contributed by atoms with van der Waals surface area (Å²) in [6, 6.07) is 8.20. The van der Waals surface area contributed by atoms with E-state index in [4.69, 9.17) is 16.1 Å². The standard InChI is InChI=1S/C22H24ClFN2O2/c1-21(2,3)12-10-13(18(27)14(11-12)22(4,5)6)19-25-20(28-26-19)17-15(23)8-7-9-16(17)24/h7-11,27H,1-6H3. The minimum atomic E-state index is -0.550. The van der Waals surface area contributed by atoms with Crippen LogP contribution in [0.2, 0.25) is 5.02 Å². The van der Waals surface area contributed by atoms with Crippen LogP contribution in [0.1, 0.15) is 52.7 Å². The summed E-state index contributed by atoms with van der Waals surface area (Å²) in [7, 11) is 0. The van der Waals surface area contributed by atoms with Crippen molar-refractivity contribution in [1.82, 2.24) is 10.1 Å². The van der Waals surface area contributed by atoms with Crippen molar-refractivity contribution in [1.29, 1.82) is 0 Å². The Morgan fingerprint density at radius 1 is 1.04 bits per heavy atom. The first kappa shape index (κ1) is 20.3. The molecule has 3 aromatic rings. The van der Waals surface area contributed by atoms with E-state index < -0.39 is 5.82 Å². The van der Waals surface area contributed by atoms with E-state index in [9.17, 15) is 9.50 Å². The predicted octanol–water partition coefficient (Wildman–Crippen LogP) is 6.50. The molecule has 0 radical (unpaired) electrons. The fourth-order valence-corrected chi connectivity index (χ4v) is 3.19. The van der Waals surface area contributed by atoms with Crippen LogP contribution in [0.3, 0.4) is 0 Å². The van der Waals surface area contributed by atoms with E-state index in [1.165, 1.54) is 12.1 Å². The minimum Gasteiger partial charge on any atom is -0.507 e. The molecule has 0 spiro atoms. The third kappa shape index (κ3) is 3.76. The molecule has 3 rings (SSSR count). The van der Waals surface area contributed by atoms with Crippen LogP contribution in [-0.4, -0.2) is 15.2 Å². The lowest BCUT2D eigenvalue weighted by molar-refractivity contribution is 0.426. The normalized spacial score (nSPS) is 12.4. The summed E-state index contributed by atoms with van der Waals surface area (Å²) in [5.74, 6) is -0.308. The number of benzene rings is 2. The molecular formula is C22H24ClFN2O2. The zero-order valence-corrected chi connectivity index (χ0v) is 17.6. The molecule has 0 aliphatic rings. The lowest BCUT2D eigenvalue weighted by atomic mass is 9.79. The van der Waals surface area contributed by atoms with Crippen LogP contribution in [0.15, 0.2) is 34.9 Å². The smallest absolute Gasteiger partial charge is 0.262 e. The van der Waals surface area contributed by atoms with Gasteiger partial charge in [0.05, 0.1) is 16.1 Å². The SMILES string of the molecule is CC(C)(C)c1cc(-c2noc(-c3c(F)cccc3Cl)n2)c(O)c(C(C)(C)C)c1. The lowest BCUT2D eigenvalue weighted by Crippen LogP contribution is -2.17. The summed E-state index contributed by atoms with van der Waals surface area (Å²) in [4.78, 5) is 4.32. The van der Waals surface area contributed by atoms with E-state index in [2.05, 4.69) is 30.9 Å². The molecule has 1 N–H and O–H groups in total. The second-order valence-corrected chi connectivity index (χ2v) is 9.35. The van der Waals surface area contributed by atoms with Crippen LogP contribution in [0.5, 0.6) is 5.75 Å². The van der Waals surface area contributed by atoms with E-state index in [0.717, 1.165) is 11.1 Å². The van der Waals surface area contributed by atoms with E-state index in [1.807, 2.05) is 32.9 Å². The molecule has 1 aromatic heterocycles. The van der Waals surface area contributed by atoms with E-state index in [1.54, 1.807) is 6.07 Å². The number of aromatic hydroxyl groups is 1. The molecule has 148 valence electrons. The van der Waals surface area contributed by atoms with Gasteiger partial charge in [-0.2, -0.15) is 4.98 Å². The number of hydrogen-bond donors (Lipinski definition) is 1. The van der Waals surface area contributed by atoms with E-state index >= 15 is 0 Å². The molecule has 0 aliphatic heterocycles. The van der Waals surface area contributed by atoms with Gasteiger partial charge in [0.1, 0.15) is 11.6 Å². The van der Waals surface area contributed by atoms with Gasteiger partial charge in [0.15, 0.2) is 0 Å². The molecule has 0 bridgehead atoms. The van der Waals surface area contributed by atoms with Crippen molar-refractivity contribution < 1.29 is 14.0 Å². The molecule has 6 heteroatoms. The highest BCUT2D eigenvalue weighted by Gasteiger charge is 2.27. The molecule has 1 heterocycles. The Morgan fingerprint density at radius 3 is 2.29 bits per heavy atom. The van der Waals surface area contributed by atoms with Gasteiger partial charge in [-0.05, 0) is 34.6 Å². The summed E-state index contributed by atoms with van der Waals surface area (Å²) >= 11 is 6.10. The number of halogens is 2. The molecule has 4 nitrogen and oxygen atoms in total. The minimum absolute atomic E-state index is 0.0315. The number of hydrogen-bond acceptors (Lipinski definition) is 4. The number of phenols is 1. The van der Waals surface area contributed by atoms with Crippen LogP contribution >= 0.6 is 11.6 Å². The number of aromatic nitrogens is 2. The van der Waals surface area contributed by atoms with Gasteiger partial charge >= 0.3 is 0 Å². The Kier molecular flexibility index (Phi) is 5.00. The Bertz CT molecular complexity index is 1010. The molecule has 2 aromatic carbocycles. The molecular weight excluding hydrogens is 379 g/mol. The molecule has 0 atom stereocenters. The van der Waals surface area contributed by atoms with Crippen molar-refractivity contribution in [2.24, 2.45) is 0 Å². The van der Waals surface area contributed by atoms with Crippen LogP contribution < -0.4 is 0 Å². The van der Waals surface area contributed by atoms with Crippen LogP contribution in [-0.2, 0) is 10.8 Å². The Balaban J connectivity index is 2.21. The van der Waals surface area contributed by atoms with Gasteiger partial charge in [0.25, 0.3) is 5.89 Å². The zero-order valence-electron chi connectivity index (χ0n) is 16.9. The average molecular weight is 403 g/mol. The predicted molar refractivity (Wildman–Crippen MR) is 109 cm³/mol. The first-order valence-electron chi connectivity index (χ1n) is 9.06. The summed E-state index contributed by atoms with van der Waals surface area (Å²) < 4.78 is 19.5. The quantitative estimate of drug-likeness (QED) is 0.531. The summed E-state index contributed by atoms with van der Waals surface area (Å²) in [5.41, 5.74) is 1.86. The maximum absolute atomic E-state index is 14.2. The van der Waals surface area contributed by atoms with Crippen molar-refractivity contribution >= 4 is 11.6 Å². The maximum atomic E-state index is 14.2. The highest BCUT2D eigenvalue weighted by molar-refractivity contribution is 6.33. The Hall–Kier alpha value is -2.40. The summed E-state index contributed by atoms with van der Waals surface area (Å²) in [5, 5.41) is 15.1. The van der Waals surface area contributed by atoms with Crippen molar-refractivity contribution in [3.8, 4) is 28.6 Å². The fourth-order valence-electron chi connectivity index (χ4n) is 2.95. The molecule has 0 amide bonds. The van der Waals surface area contributed by atoms with Gasteiger partial charge in [0, 0.05) is 5.56 Å². The monoisotopic (exact) mass is 402 g/mol. The number of phenolic OH excluding ortho intramolecular Hbond substituents is 1. The molecule has 0 saturated carbocycles. The summed E-state index contributed by atoms with van der Waals surface area (Å²) in [6.45, 7) is 12.4. The molecule has 28 heavy (non-hydrogen) atoms. The van der Waals surface area contributed by atoms with Crippen molar-refractivity contribution in [3.63, 3.8) is 0 Å². The third-order valence-electron chi connectivity index (χ3n) is 4.63. The van der Waals surface area contributed by atoms with Gasteiger partial charge < -0.3 is 9.63 Å². The fraction of sp³-hybridized carbons (Fsp3) is 0.364. The molecule has 0 fully saturated rings. The average Bonchev–Trinajstić information content (AvgIpc) is 3.02. The van der Waals surface area contributed by atoms with Crippen LogP contribution in [0.4, 0.5) is 4.39 Å². The largest absolute Gasteiger partial charge is 0.507 e. The van der Waals surface area contributed by atoms with Crippen molar-refractivity contribution in [3.05, 3.63) is 52.3 Å².